The highest BCUT2D eigenvalue weighted by molar-refractivity contribution is 5.40. The Morgan fingerprint density at radius 1 is 1.47 bits per heavy atom. The van der Waals surface area contributed by atoms with Crippen molar-refractivity contribution in [1.29, 1.82) is 0 Å². The van der Waals surface area contributed by atoms with E-state index < -0.39 is 0 Å². The molecule has 1 aliphatic carbocycles. The fraction of sp³-hybridized carbons (Fsp3) is 0.400. The number of rotatable bonds is 3. The average molecular weight is 258 g/mol. The fourth-order valence-electron chi connectivity index (χ4n) is 2.72. The number of aryl methyl sites for hydroxylation is 2. The van der Waals surface area contributed by atoms with E-state index in [2.05, 4.69) is 17.2 Å². The summed E-state index contributed by atoms with van der Waals surface area (Å²) in [5, 5.41) is 13.0. The Kier molecular flexibility index (Phi) is 3.03. The molecule has 4 nitrogen and oxygen atoms in total. The Bertz CT molecular complexity index is 592. The molecule has 0 saturated heterocycles. The number of aromatic nitrogens is 1. The van der Waals surface area contributed by atoms with E-state index >= 15 is 0 Å². The molecule has 2 aromatic rings. The molecule has 0 aliphatic heterocycles. The summed E-state index contributed by atoms with van der Waals surface area (Å²) in [5.74, 6) is 1.90. The second kappa shape index (κ2) is 4.70. The molecule has 1 aromatic carbocycles. The van der Waals surface area contributed by atoms with Crippen LogP contribution in [-0.4, -0.2) is 10.1 Å². The van der Waals surface area contributed by atoms with Gasteiger partial charge in [0.1, 0.15) is 11.5 Å². The highest BCUT2D eigenvalue weighted by Gasteiger charge is 2.25. The number of aromatic hydroxyl groups is 1. The molecule has 2 N–H and O–H groups in total. The van der Waals surface area contributed by atoms with Gasteiger partial charge in [-0.25, -0.2) is 4.98 Å². The van der Waals surface area contributed by atoms with Gasteiger partial charge in [0.2, 0.25) is 5.89 Å². The largest absolute Gasteiger partial charge is 0.508 e. The molecule has 0 radical (unpaired) electrons. The number of oxazole rings is 1. The number of benzene rings is 1. The molecular formula is C15H18N2O2. The lowest BCUT2D eigenvalue weighted by atomic mass is 10.1. The van der Waals surface area contributed by atoms with E-state index in [9.17, 15) is 5.11 Å². The van der Waals surface area contributed by atoms with Crippen molar-refractivity contribution in [2.75, 3.05) is 0 Å². The Balaban J connectivity index is 1.76. The van der Waals surface area contributed by atoms with E-state index in [1.54, 1.807) is 12.3 Å². The predicted octanol–water partition coefficient (Wildman–Crippen LogP) is 3.03. The number of phenolic OH excluding ortho intramolecular Hbond substituents is 1. The molecule has 2 unspecified atom stereocenters. The second-order valence-electron chi connectivity index (χ2n) is 5.17. The monoisotopic (exact) mass is 258 g/mol. The maximum atomic E-state index is 9.50. The Morgan fingerprint density at radius 3 is 3.05 bits per heavy atom. The molecule has 0 saturated carbocycles. The van der Waals surface area contributed by atoms with Gasteiger partial charge >= 0.3 is 0 Å². The van der Waals surface area contributed by atoms with E-state index in [4.69, 9.17) is 4.42 Å². The summed E-state index contributed by atoms with van der Waals surface area (Å²) in [7, 11) is 0. The van der Waals surface area contributed by atoms with Crippen molar-refractivity contribution in [3.63, 3.8) is 0 Å². The normalized spacial score (nSPS) is 19.4. The molecule has 1 aliphatic rings. The van der Waals surface area contributed by atoms with Gasteiger partial charge in [0.15, 0.2) is 0 Å². The smallest absolute Gasteiger partial charge is 0.211 e. The van der Waals surface area contributed by atoms with Gasteiger partial charge in [0, 0.05) is 6.04 Å². The van der Waals surface area contributed by atoms with Crippen molar-refractivity contribution in [2.45, 2.75) is 38.8 Å². The second-order valence-corrected chi connectivity index (χ2v) is 5.17. The maximum Gasteiger partial charge on any atom is 0.211 e. The summed E-state index contributed by atoms with van der Waals surface area (Å²) in [6, 6.07) is 6.00. The minimum absolute atomic E-state index is 0.0819. The van der Waals surface area contributed by atoms with Crippen molar-refractivity contribution < 1.29 is 9.52 Å². The van der Waals surface area contributed by atoms with Crippen LogP contribution in [-0.2, 0) is 6.42 Å². The van der Waals surface area contributed by atoms with Gasteiger partial charge in [-0.2, -0.15) is 0 Å². The SMILES string of the molecule is Cc1cnc(C(C)NC2CCc3cc(O)ccc32)o1. The van der Waals surface area contributed by atoms with E-state index in [0.29, 0.717) is 11.8 Å². The van der Waals surface area contributed by atoms with Gasteiger partial charge in [0.05, 0.1) is 12.2 Å². The minimum atomic E-state index is 0.0819. The zero-order valence-corrected chi connectivity index (χ0v) is 11.2. The van der Waals surface area contributed by atoms with Gasteiger partial charge < -0.3 is 9.52 Å². The summed E-state index contributed by atoms with van der Waals surface area (Å²) >= 11 is 0. The summed E-state index contributed by atoms with van der Waals surface area (Å²) < 4.78 is 5.55. The molecule has 4 heteroatoms. The van der Waals surface area contributed by atoms with Crippen LogP contribution >= 0.6 is 0 Å². The molecule has 1 aromatic heterocycles. The van der Waals surface area contributed by atoms with Crippen LogP contribution in [0.1, 0.15) is 48.2 Å². The average Bonchev–Trinajstić information content (AvgIpc) is 2.96. The number of nitrogens with zero attached hydrogens (tertiary/aromatic N) is 1. The third kappa shape index (κ3) is 2.36. The Morgan fingerprint density at radius 2 is 2.32 bits per heavy atom. The highest BCUT2D eigenvalue weighted by atomic mass is 16.4. The molecule has 0 fully saturated rings. The van der Waals surface area contributed by atoms with E-state index in [-0.39, 0.29) is 6.04 Å². The zero-order valence-electron chi connectivity index (χ0n) is 11.2. The van der Waals surface area contributed by atoms with Crippen LogP contribution in [0, 0.1) is 6.92 Å². The molecular weight excluding hydrogens is 240 g/mol. The number of phenols is 1. The van der Waals surface area contributed by atoms with Gasteiger partial charge in [-0.3, -0.25) is 5.32 Å². The van der Waals surface area contributed by atoms with E-state index in [1.807, 2.05) is 19.1 Å². The predicted molar refractivity (Wildman–Crippen MR) is 72.0 cm³/mol. The van der Waals surface area contributed by atoms with Gasteiger partial charge in [0.25, 0.3) is 0 Å². The first-order chi connectivity index (χ1) is 9.13. The molecule has 1 heterocycles. The van der Waals surface area contributed by atoms with Crippen molar-refractivity contribution in [3.8, 4) is 5.75 Å². The van der Waals surface area contributed by atoms with E-state index in [0.717, 1.165) is 24.5 Å². The molecule has 3 rings (SSSR count). The lowest BCUT2D eigenvalue weighted by Crippen LogP contribution is -2.23. The Labute approximate surface area is 112 Å². The zero-order chi connectivity index (χ0) is 13.4. The third-order valence-electron chi connectivity index (χ3n) is 3.67. The summed E-state index contributed by atoms with van der Waals surface area (Å²) in [6.07, 6.45) is 3.79. The topological polar surface area (TPSA) is 58.3 Å². The van der Waals surface area contributed by atoms with Crippen LogP contribution in [0.15, 0.2) is 28.8 Å². The van der Waals surface area contributed by atoms with Crippen LogP contribution < -0.4 is 5.32 Å². The lowest BCUT2D eigenvalue weighted by Gasteiger charge is -2.18. The first kappa shape index (κ1) is 12.2. The van der Waals surface area contributed by atoms with Crippen LogP contribution in [0.25, 0.3) is 0 Å². The van der Waals surface area contributed by atoms with Crippen molar-refractivity contribution >= 4 is 0 Å². The Hall–Kier alpha value is -1.81. The standard InChI is InChI=1S/C15H18N2O2/c1-9-8-16-15(19-9)10(2)17-14-6-3-11-7-12(18)4-5-13(11)14/h4-5,7-8,10,14,17-18H,3,6H2,1-2H3. The molecule has 2 atom stereocenters. The van der Waals surface area contributed by atoms with Gasteiger partial charge in [-0.15, -0.1) is 0 Å². The first-order valence-electron chi connectivity index (χ1n) is 6.63. The van der Waals surface area contributed by atoms with Crippen molar-refractivity contribution in [1.82, 2.24) is 10.3 Å². The van der Waals surface area contributed by atoms with Crippen LogP contribution in [0.4, 0.5) is 0 Å². The van der Waals surface area contributed by atoms with E-state index in [1.165, 1.54) is 11.1 Å². The van der Waals surface area contributed by atoms with Crippen molar-refractivity contribution in [3.05, 3.63) is 47.2 Å². The molecule has 100 valence electrons. The quantitative estimate of drug-likeness (QED) is 0.888. The molecule has 19 heavy (non-hydrogen) atoms. The molecule has 0 amide bonds. The summed E-state index contributed by atoms with van der Waals surface area (Å²) in [4.78, 5) is 4.26. The fourth-order valence-corrected chi connectivity index (χ4v) is 2.72. The number of hydrogen-bond donors (Lipinski definition) is 2. The summed E-state index contributed by atoms with van der Waals surface area (Å²) in [6.45, 7) is 3.96. The summed E-state index contributed by atoms with van der Waals surface area (Å²) in [5.41, 5.74) is 2.50. The van der Waals surface area contributed by atoms with Gasteiger partial charge in [-0.05, 0) is 49.9 Å². The molecule has 0 spiro atoms. The molecule has 0 bridgehead atoms. The van der Waals surface area contributed by atoms with Crippen LogP contribution in [0.3, 0.4) is 0 Å². The first-order valence-corrected chi connectivity index (χ1v) is 6.63. The minimum Gasteiger partial charge on any atom is -0.508 e. The van der Waals surface area contributed by atoms with Crippen LogP contribution in [0.2, 0.25) is 0 Å². The van der Waals surface area contributed by atoms with Crippen molar-refractivity contribution in [2.24, 2.45) is 0 Å². The maximum absolute atomic E-state index is 9.50. The number of hydrogen-bond acceptors (Lipinski definition) is 4. The van der Waals surface area contributed by atoms with Crippen LogP contribution in [0.5, 0.6) is 5.75 Å². The lowest BCUT2D eigenvalue weighted by molar-refractivity contribution is 0.371. The van der Waals surface area contributed by atoms with Gasteiger partial charge in [-0.1, -0.05) is 6.07 Å². The third-order valence-corrected chi connectivity index (χ3v) is 3.67. The highest BCUT2D eigenvalue weighted by Crippen LogP contribution is 2.34. The number of nitrogens with one attached hydrogen (secondary N) is 1. The number of fused-ring (bicyclic) bond motifs is 1.